The van der Waals surface area contributed by atoms with Crippen molar-refractivity contribution in [3.8, 4) is 0 Å². The summed E-state index contributed by atoms with van der Waals surface area (Å²) in [6, 6.07) is 1.21. The van der Waals surface area contributed by atoms with Crippen LogP contribution < -0.4 is 5.32 Å². The number of amidine groups is 1. The van der Waals surface area contributed by atoms with Crippen LogP contribution in [-0.4, -0.2) is 42.0 Å². The van der Waals surface area contributed by atoms with Gasteiger partial charge in [0.2, 0.25) is 0 Å². The van der Waals surface area contributed by atoms with Gasteiger partial charge in [0.15, 0.2) is 28.4 Å². The Morgan fingerprint density at radius 1 is 1.17 bits per heavy atom. The second-order valence-corrected chi connectivity index (χ2v) is 11.4. The highest BCUT2D eigenvalue weighted by Crippen LogP contribution is 2.45. The summed E-state index contributed by atoms with van der Waals surface area (Å²) in [5, 5.41) is 5.17. The maximum Gasteiger partial charge on any atom is 0.338 e. The maximum absolute atomic E-state index is 14.6. The highest BCUT2D eigenvalue weighted by molar-refractivity contribution is 7.11. The maximum atomic E-state index is 14.6. The van der Waals surface area contributed by atoms with E-state index < -0.39 is 28.7 Å². The van der Waals surface area contributed by atoms with Crippen molar-refractivity contribution >= 4 is 40.7 Å². The summed E-state index contributed by atoms with van der Waals surface area (Å²) in [4.78, 5) is 38.8. The normalized spacial score (nSPS) is 23.7. The van der Waals surface area contributed by atoms with Crippen LogP contribution in [-0.2, 0) is 31.9 Å². The zero-order valence-electron chi connectivity index (χ0n) is 22.1. The Morgan fingerprint density at radius 3 is 2.68 bits per heavy atom. The molecule has 6 rings (SSSR count). The number of oxazole rings is 1. The van der Waals surface area contributed by atoms with Gasteiger partial charge in [-0.1, -0.05) is 17.7 Å². The predicted molar refractivity (Wildman–Crippen MR) is 144 cm³/mol. The average molecular weight is 603 g/mol. The smallest absolute Gasteiger partial charge is 0.338 e. The molecule has 2 aliphatic carbocycles. The first-order valence-electron chi connectivity index (χ1n) is 13.1. The Morgan fingerprint density at radius 2 is 1.98 bits per heavy atom. The summed E-state index contributed by atoms with van der Waals surface area (Å²) >= 11 is 7.60. The Kier molecular flexibility index (Phi) is 7.37. The summed E-state index contributed by atoms with van der Waals surface area (Å²) in [6.45, 7) is 0. The van der Waals surface area contributed by atoms with Gasteiger partial charge < -0.3 is 19.2 Å². The molecule has 1 saturated carbocycles. The number of halogens is 3. The summed E-state index contributed by atoms with van der Waals surface area (Å²) in [5.74, 6) is -1.88. The molecule has 1 aromatic carbocycles. The standard InChI is InChI=1S/C28H25ClF2N4O5S/c1-38-27(36)14-9-13(10-14)25-33-17-6-3-12(11-18(17)40-25)22-19(28(37)39-2)23(15-4-5-16(30)21(31)20(15)29)35-24(34-22)26-32-7-8-41-26/h4-5,7-8,12-14,23H,3,6,9-11H2,1-2H3,(H,34,35)/t12?,13-,14-,23?. The van der Waals surface area contributed by atoms with Gasteiger partial charge >= 0.3 is 11.9 Å². The van der Waals surface area contributed by atoms with Crippen LogP contribution >= 0.6 is 22.9 Å². The zero-order chi connectivity index (χ0) is 28.8. The van der Waals surface area contributed by atoms with Crippen LogP contribution in [0.15, 0.2) is 44.4 Å². The zero-order valence-corrected chi connectivity index (χ0v) is 23.7. The third kappa shape index (κ3) is 4.93. The lowest BCUT2D eigenvalue weighted by Crippen LogP contribution is -2.38. The molecule has 0 radical (unpaired) electrons. The Hall–Kier alpha value is -3.64. The van der Waals surface area contributed by atoms with Gasteiger partial charge in [0.05, 0.1) is 36.4 Å². The van der Waals surface area contributed by atoms with E-state index in [1.807, 2.05) is 0 Å². The van der Waals surface area contributed by atoms with E-state index in [0.717, 1.165) is 11.8 Å². The first kappa shape index (κ1) is 27.5. The number of ether oxygens (including phenoxy) is 2. The molecule has 3 aromatic rings. The van der Waals surface area contributed by atoms with E-state index in [1.54, 1.807) is 11.6 Å². The van der Waals surface area contributed by atoms with Crippen LogP contribution in [0, 0.1) is 23.5 Å². The molecule has 1 aliphatic heterocycles. The fourth-order valence-electron chi connectivity index (χ4n) is 5.64. The van der Waals surface area contributed by atoms with Crippen LogP contribution in [0.4, 0.5) is 8.78 Å². The van der Waals surface area contributed by atoms with Crippen molar-refractivity contribution in [1.29, 1.82) is 0 Å². The summed E-state index contributed by atoms with van der Waals surface area (Å²) < 4.78 is 44.7. The number of carbonyl (C=O) groups is 2. The van der Waals surface area contributed by atoms with Crippen LogP contribution in [0.3, 0.4) is 0 Å². The minimum atomic E-state index is -1.22. The number of allylic oxidation sites excluding steroid dienone is 1. The molecule has 214 valence electrons. The van der Waals surface area contributed by atoms with Gasteiger partial charge in [-0.3, -0.25) is 9.79 Å². The van der Waals surface area contributed by atoms with Crippen molar-refractivity contribution in [2.24, 2.45) is 16.8 Å². The van der Waals surface area contributed by atoms with Crippen LogP contribution in [0.25, 0.3) is 0 Å². The molecule has 1 N–H and O–H groups in total. The fourth-order valence-corrected chi connectivity index (χ4v) is 6.49. The van der Waals surface area contributed by atoms with Crippen molar-refractivity contribution in [2.75, 3.05) is 14.2 Å². The second-order valence-electron chi connectivity index (χ2n) is 10.2. The lowest BCUT2D eigenvalue weighted by Gasteiger charge is -2.32. The number of aromatic nitrogens is 2. The van der Waals surface area contributed by atoms with E-state index in [2.05, 4.69) is 15.3 Å². The molecule has 13 heteroatoms. The lowest BCUT2D eigenvalue weighted by atomic mass is 9.75. The van der Waals surface area contributed by atoms with Gasteiger partial charge in [0, 0.05) is 41.1 Å². The Labute approximate surface area is 242 Å². The minimum Gasteiger partial charge on any atom is -0.469 e. The van der Waals surface area contributed by atoms with Crippen LogP contribution in [0.5, 0.6) is 0 Å². The van der Waals surface area contributed by atoms with Crippen LogP contribution in [0.1, 0.15) is 59.1 Å². The molecule has 2 atom stereocenters. The number of nitrogens with one attached hydrogen (secondary N) is 1. The molecule has 0 spiro atoms. The van der Waals surface area contributed by atoms with Crippen molar-refractivity contribution in [3.05, 3.63) is 79.6 Å². The van der Waals surface area contributed by atoms with E-state index in [9.17, 15) is 18.4 Å². The number of carbonyl (C=O) groups excluding carboxylic acids is 2. The monoisotopic (exact) mass is 602 g/mol. The number of benzene rings is 1. The molecular weight excluding hydrogens is 578 g/mol. The first-order chi connectivity index (χ1) is 19.8. The second kappa shape index (κ2) is 11.0. The molecule has 0 amide bonds. The van der Waals surface area contributed by atoms with E-state index in [4.69, 9.17) is 30.5 Å². The SMILES string of the molecule is COC(=O)C1=C(C2CCc3nc([C@H]4C[C@H](C(=O)OC)C4)oc3C2)NC(c2nccs2)=NC1c1ccc(F)c(F)c1Cl. The Balaban J connectivity index is 1.37. The lowest BCUT2D eigenvalue weighted by molar-refractivity contribution is -0.149. The van der Waals surface area contributed by atoms with Crippen molar-refractivity contribution < 1.29 is 32.3 Å². The minimum absolute atomic E-state index is 0.0457. The van der Waals surface area contributed by atoms with E-state index in [-0.39, 0.29) is 34.9 Å². The predicted octanol–water partition coefficient (Wildman–Crippen LogP) is 5.05. The van der Waals surface area contributed by atoms with Crippen LogP contribution in [0.2, 0.25) is 5.02 Å². The van der Waals surface area contributed by atoms with E-state index >= 15 is 0 Å². The highest BCUT2D eigenvalue weighted by atomic mass is 35.5. The Bertz CT molecular complexity index is 1580. The number of esters is 2. The number of thiazole rings is 1. The first-order valence-corrected chi connectivity index (χ1v) is 14.3. The van der Waals surface area contributed by atoms with Gasteiger partial charge in [-0.25, -0.2) is 23.5 Å². The number of hydrogen-bond donors (Lipinski definition) is 1. The van der Waals surface area contributed by atoms with Crippen molar-refractivity contribution in [1.82, 2.24) is 15.3 Å². The van der Waals surface area contributed by atoms with Gasteiger partial charge in [0.1, 0.15) is 11.8 Å². The number of fused-ring (bicyclic) bond motifs is 1. The summed E-state index contributed by atoms with van der Waals surface area (Å²) in [5.41, 5.74) is 1.65. The number of hydrogen-bond acceptors (Lipinski definition) is 10. The molecule has 0 saturated heterocycles. The number of nitrogens with zero attached hydrogens (tertiary/aromatic N) is 3. The van der Waals surface area contributed by atoms with E-state index in [0.29, 0.717) is 60.3 Å². The average Bonchev–Trinajstić information content (AvgIpc) is 3.64. The summed E-state index contributed by atoms with van der Waals surface area (Å²) in [6.07, 6.45) is 4.52. The molecule has 41 heavy (non-hydrogen) atoms. The van der Waals surface area contributed by atoms with Gasteiger partial charge in [-0.15, -0.1) is 11.3 Å². The van der Waals surface area contributed by atoms with Gasteiger partial charge in [0.25, 0.3) is 0 Å². The molecular formula is C28H25ClF2N4O5S. The summed E-state index contributed by atoms with van der Waals surface area (Å²) in [7, 11) is 2.63. The highest BCUT2D eigenvalue weighted by Gasteiger charge is 2.42. The third-order valence-electron chi connectivity index (χ3n) is 7.86. The topological polar surface area (TPSA) is 116 Å². The molecule has 9 nitrogen and oxygen atoms in total. The molecule has 2 unspecified atom stereocenters. The van der Waals surface area contributed by atoms with Gasteiger partial charge in [-0.2, -0.15) is 0 Å². The van der Waals surface area contributed by atoms with E-state index in [1.165, 1.54) is 31.6 Å². The number of aliphatic imine (C=N–C) groups is 1. The number of rotatable bonds is 6. The molecule has 1 fully saturated rings. The molecule has 0 bridgehead atoms. The van der Waals surface area contributed by atoms with Crippen molar-refractivity contribution in [2.45, 2.75) is 44.1 Å². The van der Waals surface area contributed by atoms with Gasteiger partial charge in [-0.05, 0) is 31.7 Å². The quantitative estimate of drug-likeness (QED) is 0.308. The fraction of sp³-hybridized carbons (Fsp3) is 0.393. The molecule has 3 aliphatic rings. The molecule has 3 heterocycles. The van der Waals surface area contributed by atoms with Crippen molar-refractivity contribution in [3.63, 3.8) is 0 Å². The largest absolute Gasteiger partial charge is 0.469 e. The number of methoxy groups -OCH3 is 2. The molecule has 2 aromatic heterocycles. The third-order valence-corrected chi connectivity index (χ3v) is 9.02. The number of aryl methyl sites for hydroxylation is 1.